The summed E-state index contributed by atoms with van der Waals surface area (Å²) in [5.74, 6) is 0.523. The first kappa shape index (κ1) is 24.3. The summed E-state index contributed by atoms with van der Waals surface area (Å²) in [6.07, 6.45) is 1.78. The zero-order valence-electron chi connectivity index (χ0n) is 20.7. The number of carbonyl (C=O) groups is 1. The van der Waals surface area contributed by atoms with Gasteiger partial charge in [-0.05, 0) is 38.5 Å². The summed E-state index contributed by atoms with van der Waals surface area (Å²) >= 11 is 0. The molecule has 0 saturated heterocycles. The number of aryl methyl sites for hydroxylation is 1. The lowest BCUT2D eigenvalue weighted by Crippen LogP contribution is -2.48. The zero-order valence-corrected chi connectivity index (χ0v) is 21.7. The Morgan fingerprint density at radius 2 is 2.00 bits per heavy atom. The molecule has 0 aliphatic carbocycles. The molecule has 8 heteroatoms. The third kappa shape index (κ3) is 4.46. The third-order valence-corrected chi connectivity index (χ3v) is 8.27. The van der Waals surface area contributed by atoms with Gasteiger partial charge >= 0.3 is 0 Å². The molecule has 2 heterocycles. The van der Waals surface area contributed by atoms with E-state index in [2.05, 4.69) is 36.0 Å². The molecular weight excluding hydrogens is 432 g/mol. The minimum atomic E-state index is -1.94. The fourth-order valence-electron chi connectivity index (χ4n) is 4.01. The van der Waals surface area contributed by atoms with Crippen molar-refractivity contribution in [2.75, 3.05) is 26.1 Å². The molecular formula is C25H32N4O3Si. The molecule has 1 amide bonds. The fraction of sp³-hybridized carbons (Fsp3) is 0.400. The summed E-state index contributed by atoms with van der Waals surface area (Å²) in [5, 5.41) is 12.9. The molecule has 1 aliphatic heterocycles. The maximum Gasteiger partial charge on any atom is 0.244 e. The Balaban J connectivity index is 2.37. The second kappa shape index (κ2) is 9.28. The van der Waals surface area contributed by atoms with E-state index in [0.29, 0.717) is 29.4 Å². The van der Waals surface area contributed by atoms with Gasteiger partial charge in [0.2, 0.25) is 11.8 Å². The topological polar surface area (TPSA) is 87.5 Å². The van der Waals surface area contributed by atoms with Crippen molar-refractivity contribution in [3.05, 3.63) is 57.9 Å². The molecule has 174 valence electrons. The lowest BCUT2D eigenvalue weighted by atomic mass is 9.79. The molecule has 33 heavy (non-hydrogen) atoms. The van der Waals surface area contributed by atoms with E-state index >= 15 is 0 Å². The maximum atomic E-state index is 13.9. The average Bonchev–Trinajstić information content (AvgIpc) is 2.78. The molecule has 1 N–H and O–H groups in total. The number of benzene rings is 1. The van der Waals surface area contributed by atoms with Crippen LogP contribution in [0.4, 0.5) is 5.69 Å². The molecule has 1 atom stereocenters. The molecule has 0 spiro atoms. The fourth-order valence-corrected chi connectivity index (χ4v) is 4.74. The zero-order chi connectivity index (χ0) is 24.5. The Morgan fingerprint density at radius 3 is 2.58 bits per heavy atom. The monoisotopic (exact) mass is 464 g/mol. The van der Waals surface area contributed by atoms with E-state index in [4.69, 9.17) is 9.47 Å². The molecule has 2 aromatic rings. The number of rotatable bonds is 6. The van der Waals surface area contributed by atoms with Gasteiger partial charge < -0.3 is 19.4 Å². The lowest BCUT2D eigenvalue weighted by Gasteiger charge is -2.37. The van der Waals surface area contributed by atoms with Gasteiger partial charge in [0.15, 0.2) is 8.24 Å². The quantitative estimate of drug-likeness (QED) is 0.618. The largest absolute Gasteiger partial charge is 0.496 e. The van der Waals surface area contributed by atoms with E-state index in [-0.39, 0.29) is 5.91 Å². The number of hydrogen-bond donors (Lipinski definition) is 1. The Labute approximate surface area is 197 Å². The second-order valence-electron chi connectivity index (χ2n) is 9.17. The Bertz CT molecular complexity index is 1160. The molecule has 0 radical (unpaired) electrons. The van der Waals surface area contributed by atoms with Crippen molar-refractivity contribution in [1.29, 1.82) is 5.26 Å². The van der Waals surface area contributed by atoms with Crippen molar-refractivity contribution in [3.8, 4) is 17.7 Å². The number of ether oxygens (including phenoxy) is 2. The van der Waals surface area contributed by atoms with Crippen LogP contribution in [0.5, 0.6) is 11.6 Å². The third-order valence-electron chi connectivity index (χ3n) is 6.06. The van der Waals surface area contributed by atoms with Gasteiger partial charge in [0.1, 0.15) is 5.75 Å². The van der Waals surface area contributed by atoms with Gasteiger partial charge in [0.25, 0.3) is 0 Å². The summed E-state index contributed by atoms with van der Waals surface area (Å²) in [5.41, 5.74) is 5.33. The van der Waals surface area contributed by atoms with Crippen LogP contribution >= 0.6 is 0 Å². The van der Waals surface area contributed by atoms with E-state index in [1.54, 1.807) is 25.4 Å². The number of hydrogen-bond acceptors (Lipinski definition) is 6. The number of carbonyl (C=O) groups excluding carboxylic acids is 1. The average molecular weight is 465 g/mol. The Hall–Kier alpha value is -3.31. The van der Waals surface area contributed by atoms with E-state index in [1.165, 1.54) is 0 Å². The number of nitriles is 1. The molecule has 7 nitrogen and oxygen atoms in total. The van der Waals surface area contributed by atoms with Crippen molar-refractivity contribution >= 4 is 19.8 Å². The number of fused-ring (bicyclic) bond motifs is 1. The van der Waals surface area contributed by atoms with Crippen molar-refractivity contribution in [2.24, 2.45) is 0 Å². The highest BCUT2D eigenvalue weighted by molar-refractivity contribution is 6.75. The SMILES string of the molecule is CCOc1ncc(C)c2c1C(c1ccc(C#N)cc1OC)C(C(=O)N(C)[Si](C)(C)C)=C(C)N2. The Morgan fingerprint density at radius 1 is 1.30 bits per heavy atom. The first-order chi connectivity index (χ1) is 15.5. The van der Waals surface area contributed by atoms with Crippen LogP contribution < -0.4 is 14.8 Å². The van der Waals surface area contributed by atoms with Gasteiger partial charge in [-0.3, -0.25) is 4.79 Å². The lowest BCUT2D eigenvalue weighted by molar-refractivity contribution is -0.122. The van der Waals surface area contributed by atoms with Crippen LogP contribution in [0.2, 0.25) is 19.6 Å². The van der Waals surface area contributed by atoms with Gasteiger partial charge in [-0.1, -0.05) is 25.7 Å². The van der Waals surface area contributed by atoms with Crippen molar-refractivity contribution in [3.63, 3.8) is 0 Å². The van der Waals surface area contributed by atoms with E-state index in [9.17, 15) is 10.1 Å². The molecule has 0 bridgehead atoms. The molecule has 3 rings (SSSR count). The molecule has 1 aromatic heterocycles. The summed E-state index contributed by atoms with van der Waals surface area (Å²) in [7, 11) is 1.51. The van der Waals surface area contributed by atoms with Crippen LogP contribution in [0.15, 0.2) is 35.7 Å². The van der Waals surface area contributed by atoms with Crippen LogP contribution in [0.3, 0.4) is 0 Å². The summed E-state index contributed by atoms with van der Waals surface area (Å²) in [4.78, 5) is 18.5. The van der Waals surface area contributed by atoms with Gasteiger partial charge in [-0.2, -0.15) is 5.26 Å². The standard InChI is InChI=1S/C25H32N4O3Si/c1-9-32-24-22-21(18-11-10-17(13-26)12-19(18)31-5)20(25(30)29(4)33(6,7)8)16(3)28-23(22)15(2)14-27-24/h10-12,14,21,28H,9H2,1-8H3. The van der Waals surface area contributed by atoms with Crippen molar-refractivity contribution in [2.45, 2.75) is 46.3 Å². The van der Waals surface area contributed by atoms with Crippen LogP contribution in [0.25, 0.3) is 0 Å². The molecule has 0 fully saturated rings. The first-order valence-electron chi connectivity index (χ1n) is 11.0. The Kier molecular flexibility index (Phi) is 6.84. The summed E-state index contributed by atoms with van der Waals surface area (Å²) in [6, 6.07) is 7.49. The molecule has 1 unspecified atom stereocenters. The molecule has 1 aliphatic rings. The number of amides is 1. The van der Waals surface area contributed by atoms with Gasteiger partial charge in [-0.15, -0.1) is 0 Å². The van der Waals surface area contributed by atoms with Crippen molar-refractivity contribution in [1.82, 2.24) is 9.55 Å². The van der Waals surface area contributed by atoms with E-state index in [0.717, 1.165) is 28.1 Å². The molecule has 0 saturated carbocycles. The van der Waals surface area contributed by atoms with Crippen LogP contribution in [0, 0.1) is 18.3 Å². The van der Waals surface area contributed by atoms with Gasteiger partial charge in [-0.25, -0.2) is 4.98 Å². The number of nitrogens with one attached hydrogen (secondary N) is 1. The van der Waals surface area contributed by atoms with Crippen LogP contribution in [-0.4, -0.2) is 44.5 Å². The van der Waals surface area contributed by atoms with E-state index < -0.39 is 14.2 Å². The van der Waals surface area contributed by atoms with Gasteiger partial charge in [0.05, 0.1) is 42.5 Å². The van der Waals surface area contributed by atoms with Crippen LogP contribution in [-0.2, 0) is 4.79 Å². The minimum absolute atomic E-state index is 0.0369. The highest BCUT2D eigenvalue weighted by Crippen LogP contribution is 2.49. The number of methoxy groups -OCH3 is 1. The second-order valence-corrected chi connectivity index (χ2v) is 14.2. The number of allylic oxidation sites excluding steroid dienone is 1. The number of aromatic nitrogens is 1. The smallest absolute Gasteiger partial charge is 0.244 e. The highest BCUT2D eigenvalue weighted by Gasteiger charge is 2.40. The normalized spacial score (nSPS) is 15.3. The molecule has 1 aromatic carbocycles. The minimum Gasteiger partial charge on any atom is -0.496 e. The number of nitrogens with zero attached hydrogens (tertiary/aromatic N) is 3. The maximum absolute atomic E-state index is 13.9. The number of pyridine rings is 1. The summed E-state index contributed by atoms with van der Waals surface area (Å²) < 4.78 is 13.5. The van der Waals surface area contributed by atoms with Crippen LogP contribution in [0.1, 0.15) is 42.0 Å². The first-order valence-corrected chi connectivity index (χ1v) is 14.5. The predicted molar refractivity (Wildman–Crippen MR) is 132 cm³/mol. The van der Waals surface area contributed by atoms with E-state index in [1.807, 2.05) is 38.5 Å². The highest BCUT2D eigenvalue weighted by atomic mass is 28.3. The van der Waals surface area contributed by atoms with Gasteiger partial charge in [0, 0.05) is 30.1 Å². The summed E-state index contributed by atoms with van der Waals surface area (Å²) in [6.45, 7) is 12.7. The number of likely N-dealkylation sites (N-methyl/N-ethyl adjacent to an activating group) is 1. The van der Waals surface area contributed by atoms with Crippen molar-refractivity contribution < 1.29 is 14.3 Å². The number of anilines is 1. The predicted octanol–water partition coefficient (Wildman–Crippen LogP) is 4.79.